The summed E-state index contributed by atoms with van der Waals surface area (Å²) in [5.41, 5.74) is 0.660. The van der Waals surface area contributed by atoms with E-state index in [1.807, 2.05) is 4.57 Å². The molecule has 0 bridgehead atoms. The van der Waals surface area contributed by atoms with Gasteiger partial charge in [-0.25, -0.2) is 8.78 Å². The van der Waals surface area contributed by atoms with E-state index in [-0.39, 0.29) is 17.7 Å². The fraction of sp³-hybridized carbons (Fsp3) is 0.438. The van der Waals surface area contributed by atoms with E-state index >= 15 is 0 Å². The van der Waals surface area contributed by atoms with Gasteiger partial charge in [-0.1, -0.05) is 6.07 Å². The van der Waals surface area contributed by atoms with Gasteiger partial charge in [0.1, 0.15) is 5.82 Å². The van der Waals surface area contributed by atoms with Gasteiger partial charge < -0.3 is 0 Å². The largest absolute Gasteiger partial charge is 0.297 e. The van der Waals surface area contributed by atoms with Crippen molar-refractivity contribution in [3.05, 3.63) is 41.2 Å². The number of carbonyl (C=O) groups excluding carboxylic acids is 1. The summed E-state index contributed by atoms with van der Waals surface area (Å²) in [5.74, 6) is -0.781. The summed E-state index contributed by atoms with van der Waals surface area (Å²) >= 11 is 0. The molecular weight excluding hydrogens is 302 g/mol. The Bertz CT molecular complexity index is 773. The van der Waals surface area contributed by atoms with Crippen LogP contribution >= 0.6 is 0 Å². The Morgan fingerprint density at radius 1 is 1.22 bits per heavy atom. The lowest BCUT2D eigenvalue weighted by Crippen LogP contribution is -2.20. The SMILES string of the molecule is O=C(Nc1nnc2n1CCCC2)C1CC1c1ccc(F)c(F)c1. The minimum atomic E-state index is -0.875. The fourth-order valence-corrected chi connectivity index (χ4v) is 3.20. The van der Waals surface area contributed by atoms with E-state index in [0.29, 0.717) is 17.9 Å². The molecule has 2 aliphatic rings. The van der Waals surface area contributed by atoms with E-state index in [9.17, 15) is 13.6 Å². The lowest BCUT2D eigenvalue weighted by atomic mass is 10.1. The van der Waals surface area contributed by atoms with Crippen molar-refractivity contribution in [2.75, 3.05) is 5.32 Å². The first kappa shape index (κ1) is 14.3. The molecule has 5 nitrogen and oxygen atoms in total. The van der Waals surface area contributed by atoms with Crippen LogP contribution in [0.1, 0.15) is 36.6 Å². The molecule has 0 saturated heterocycles. The molecule has 1 aliphatic heterocycles. The maximum absolute atomic E-state index is 13.3. The van der Waals surface area contributed by atoms with Crippen LogP contribution in [0, 0.1) is 17.6 Å². The van der Waals surface area contributed by atoms with Crippen LogP contribution in [0.5, 0.6) is 0 Å². The average Bonchev–Trinajstić information content (AvgIpc) is 3.26. The van der Waals surface area contributed by atoms with Crippen molar-refractivity contribution in [2.45, 2.75) is 38.1 Å². The van der Waals surface area contributed by atoms with E-state index < -0.39 is 11.6 Å². The van der Waals surface area contributed by atoms with Crippen molar-refractivity contribution in [3.63, 3.8) is 0 Å². The quantitative estimate of drug-likeness (QED) is 0.946. The molecule has 1 N–H and O–H groups in total. The number of aromatic nitrogens is 3. The summed E-state index contributed by atoms with van der Waals surface area (Å²) < 4.78 is 28.2. The molecule has 1 aromatic heterocycles. The number of nitrogens with one attached hydrogen (secondary N) is 1. The van der Waals surface area contributed by atoms with Crippen LogP contribution < -0.4 is 5.32 Å². The van der Waals surface area contributed by atoms with E-state index in [4.69, 9.17) is 0 Å². The molecule has 2 heterocycles. The van der Waals surface area contributed by atoms with Crippen molar-refractivity contribution < 1.29 is 13.6 Å². The maximum Gasteiger partial charge on any atom is 0.231 e. The van der Waals surface area contributed by atoms with Gasteiger partial charge >= 0.3 is 0 Å². The zero-order chi connectivity index (χ0) is 16.0. The monoisotopic (exact) mass is 318 g/mol. The second-order valence-corrected chi connectivity index (χ2v) is 6.16. The minimum absolute atomic E-state index is 0.0613. The van der Waals surface area contributed by atoms with Crippen LogP contribution in [-0.2, 0) is 17.8 Å². The summed E-state index contributed by atoms with van der Waals surface area (Å²) in [6.45, 7) is 0.815. The van der Waals surface area contributed by atoms with Gasteiger partial charge in [-0.2, -0.15) is 0 Å². The zero-order valence-corrected chi connectivity index (χ0v) is 12.4. The molecule has 1 fully saturated rings. The predicted octanol–water partition coefficient (Wildman–Crippen LogP) is 2.63. The molecule has 1 aliphatic carbocycles. The third kappa shape index (κ3) is 2.60. The molecule has 7 heteroatoms. The first-order chi connectivity index (χ1) is 11.1. The van der Waals surface area contributed by atoms with E-state index in [2.05, 4.69) is 15.5 Å². The number of benzene rings is 1. The Kier molecular flexibility index (Phi) is 3.36. The predicted molar refractivity (Wildman–Crippen MR) is 78.8 cm³/mol. The van der Waals surface area contributed by atoms with Gasteiger partial charge in [0.25, 0.3) is 0 Å². The lowest BCUT2D eigenvalue weighted by Gasteiger charge is -2.14. The highest BCUT2D eigenvalue weighted by molar-refractivity contribution is 5.93. The van der Waals surface area contributed by atoms with Gasteiger partial charge in [0.2, 0.25) is 11.9 Å². The molecule has 1 saturated carbocycles. The van der Waals surface area contributed by atoms with Gasteiger partial charge in [-0.05, 0) is 42.9 Å². The summed E-state index contributed by atoms with van der Waals surface area (Å²) in [6, 6.07) is 3.81. The van der Waals surface area contributed by atoms with Gasteiger partial charge in [-0.3, -0.25) is 14.7 Å². The van der Waals surface area contributed by atoms with E-state index in [0.717, 1.165) is 37.7 Å². The highest BCUT2D eigenvalue weighted by atomic mass is 19.2. The van der Waals surface area contributed by atoms with Crippen molar-refractivity contribution >= 4 is 11.9 Å². The third-order valence-corrected chi connectivity index (χ3v) is 4.59. The molecule has 1 amide bonds. The van der Waals surface area contributed by atoms with Crippen molar-refractivity contribution in [2.24, 2.45) is 5.92 Å². The number of fused-ring (bicyclic) bond motifs is 1. The molecule has 23 heavy (non-hydrogen) atoms. The average molecular weight is 318 g/mol. The van der Waals surface area contributed by atoms with Crippen LogP contribution in [0.3, 0.4) is 0 Å². The second-order valence-electron chi connectivity index (χ2n) is 6.16. The molecule has 2 aromatic rings. The summed E-state index contributed by atoms with van der Waals surface area (Å²) in [5, 5.41) is 11.0. The molecule has 1 aromatic carbocycles. The van der Waals surface area contributed by atoms with Crippen molar-refractivity contribution in [1.29, 1.82) is 0 Å². The Labute approximate surface area is 131 Å². The highest BCUT2D eigenvalue weighted by Gasteiger charge is 2.44. The first-order valence-electron chi connectivity index (χ1n) is 7.81. The zero-order valence-electron chi connectivity index (χ0n) is 12.4. The minimum Gasteiger partial charge on any atom is -0.297 e. The van der Waals surface area contributed by atoms with E-state index in [1.54, 1.807) is 0 Å². The van der Waals surface area contributed by atoms with Crippen molar-refractivity contribution in [3.8, 4) is 0 Å². The Morgan fingerprint density at radius 3 is 2.91 bits per heavy atom. The normalized spacial score (nSPS) is 22.5. The molecule has 2 atom stereocenters. The highest BCUT2D eigenvalue weighted by Crippen LogP contribution is 2.48. The number of nitrogens with zero attached hydrogens (tertiary/aromatic N) is 3. The van der Waals surface area contributed by atoms with Crippen LogP contribution in [-0.4, -0.2) is 20.7 Å². The Hall–Kier alpha value is -2.31. The standard InChI is InChI=1S/C16H16F2N4O/c17-12-5-4-9(7-13(12)18)10-8-11(10)15(23)19-16-21-20-14-3-1-2-6-22(14)16/h4-5,7,10-11H,1-3,6,8H2,(H,19,21,23). The third-order valence-electron chi connectivity index (χ3n) is 4.59. The van der Waals surface area contributed by atoms with Gasteiger partial charge in [0.05, 0.1) is 0 Å². The second kappa shape index (κ2) is 5.40. The Morgan fingerprint density at radius 2 is 2.09 bits per heavy atom. The maximum atomic E-state index is 13.3. The summed E-state index contributed by atoms with van der Waals surface area (Å²) in [7, 11) is 0. The smallest absolute Gasteiger partial charge is 0.231 e. The summed E-state index contributed by atoms with van der Waals surface area (Å²) in [4.78, 5) is 12.3. The number of anilines is 1. The number of aryl methyl sites for hydroxylation is 1. The Balaban J connectivity index is 1.45. The van der Waals surface area contributed by atoms with Crippen molar-refractivity contribution in [1.82, 2.24) is 14.8 Å². The molecular formula is C16H16F2N4O. The number of halogens is 2. The fourth-order valence-electron chi connectivity index (χ4n) is 3.20. The number of hydrogen-bond acceptors (Lipinski definition) is 3. The van der Waals surface area contributed by atoms with E-state index in [1.165, 1.54) is 12.1 Å². The lowest BCUT2D eigenvalue weighted by molar-refractivity contribution is -0.117. The topological polar surface area (TPSA) is 59.8 Å². The summed E-state index contributed by atoms with van der Waals surface area (Å²) in [6.07, 6.45) is 3.66. The van der Waals surface area contributed by atoms with Crippen LogP contribution in [0.2, 0.25) is 0 Å². The van der Waals surface area contributed by atoms with Gasteiger partial charge in [-0.15, -0.1) is 10.2 Å². The van der Waals surface area contributed by atoms with Gasteiger partial charge in [0.15, 0.2) is 11.6 Å². The first-order valence-corrected chi connectivity index (χ1v) is 7.81. The molecule has 4 rings (SSSR count). The number of carbonyl (C=O) groups is 1. The van der Waals surface area contributed by atoms with Crippen LogP contribution in [0.15, 0.2) is 18.2 Å². The van der Waals surface area contributed by atoms with Gasteiger partial charge in [0, 0.05) is 18.9 Å². The molecule has 2 unspecified atom stereocenters. The number of hydrogen-bond donors (Lipinski definition) is 1. The van der Waals surface area contributed by atoms with Crippen LogP contribution in [0.25, 0.3) is 0 Å². The number of amides is 1. The number of rotatable bonds is 3. The molecule has 120 valence electrons. The molecule has 0 radical (unpaired) electrons. The molecule has 0 spiro atoms. The van der Waals surface area contributed by atoms with Crippen LogP contribution in [0.4, 0.5) is 14.7 Å².